The number of sulfonamides is 1. The third-order valence-electron chi connectivity index (χ3n) is 3.92. The van der Waals surface area contributed by atoms with E-state index in [1.807, 2.05) is 0 Å². The number of halogens is 3. The molecule has 0 aliphatic rings. The summed E-state index contributed by atoms with van der Waals surface area (Å²) >= 11 is 5.97. The molecule has 1 amide bonds. The van der Waals surface area contributed by atoms with Crippen molar-refractivity contribution in [3.63, 3.8) is 0 Å². The first-order chi connectivity index (χ1) is 13.9. The summed E-state index contributed by atoms with van der Waals surface area (Å²) in [4.78, 5) is 12.6. The van der Waals surface area contributed by atoms with Crippen LogP contribution in [0.25, 0.3) is 11.4 Å². The molecule has 0 aliphatic carbocycles. The first-order valence-corrected chi connectivity index (χ1v) is 10.5. The van der Waals surface area contributed by atoms with Gasteiger partial charge < -0.3 is 15.1 Å². The highest BCUT2D eigenvalue weighted by molar-refractivity contribution is 7.92. The van der Waals surface area contributed by atoms with E-state index in [9.17, 15) is 27.2 Å². The molecule has 158 valence electrons. The standard InChI is InChI=1S/C18H15ClF2N4O4S/c1-24-8-10(3-16(24)17-15(21)6-12(20)9-25(17)27)18(26)22-13-4-11(19)5-14(7-13)23-30(2,28)29/h3-9,23H,1-2H3,(H,22,26). The Morgan fingerprint density at radius 1 is 1.17 bits per heavy atom. The molecule has 3 aromatic rings. The molecule has 3 rings (SSSR count). The second-order valence-corrected chi connectivity index (χ2v) is 8.65. The van der Waals surface area contributed by atoms with Gasteiger partial charge in [0.05, 0.1) is 17.5 Å². The highest BCUT2D eigenvalue weighted by atomic mass is 35.5. The van der Waals surface area contributed by atoms with Crippen LogP contribution in [0, 0.1) is 16.8 Å². The zero-order chi connectivity index (χ0) is 22.2. The number of hydrogen-bond donors (Lipinski definition) is 2. The lowest BCUT2D eigenvalue weighted by atomic mass is 10.2. The molecule has 0 bridgehead atoms. The molecule has 0 aliphatic heterocycles. The van der Waals surface area contributed by atoms with E-state index in [0.29, 0.717) is 12.3 Å². The molecular weight excluding hydrogens is 442 g/mol. The Balaban J connectivity index is 1.91. The predicted molar refractivity (Wildman–Crippen MR) is 108 cm³/mol. The van der Waals surface area contributed by atoms with Gasteiger partial charge in [-0.15, -0.1) is 0 Å². The Bertz CT molecular complexity index is 1240. The molecule has 30 heavy (non-hydrogen) atoms. The van der Waals surface area contributed by atoms with Crippen LogP contribution in [0.15, 0.2) is 42.7 Å². The zero-order valence-electron chi connectivity index (χ0n) is 15.6. The second-order valence-electron chi connectivity index (χ2n) is 6.46. The molecule has 0 fully saturated rings. The average Bonchev–Trinajstić information content (AvgIpc) is 2.93. The van der Waals surface area contributed by atoms with Crippen LogP contribution in [-0.4, -0.2) is 25.1 Å². The Hall–Kier alpha value is -3.18. The molecule has 12 heteroatoms. The minimum atomic E-state index is -3.55. The van der Waals surface area contributed by atoms with Crippen molar-refractivity contribution in [3.8, 4) is 11.4 Å². The van der Waals surface area contributed by atoms with E-state index in [2.05, 4.69) is 10.0 Å². The van der Waals surface area contributed by atoms with Gasteiger partial charge in [-0.1, -0.05) is 11.6 Å². The van der Waals surface area contributed by atoms with Crippen molar-refractivity contribution in [3.05, 3.63) is 70.2 Å². The van der Waals surface area contributed by atoms with Gasteiger partial charge in [-0.05, 0) is 24.3 Å². The first kappa shape index (κ1) is 21.5. The summed E-state index contributed by atoms with van der Waals surface area (Å²) in [6.07, 6.45) is 2.90. The monoisotopic (exact) mass is 456 g/mol. The van der Waals surface area contributed by atoms with Crippen LogP contribution in [0.2, 0.25) is 5.02 Å². The van der Waals surface area contributed by atoms with E-state index in [4.69, 9.17) is 11.6 Å². The van der Waals surface area contributed by atoms with Gasteiger partial charge >= 0.3 is 0 Å². The number of carbonyl (C=O) groups is 1. The fourth-order valence-electron chi connectivity index (χ4n) is 2.81. The van der Waals surface area contributed by atoms with E-state index in [1.54, 1.807) is 0 Å². The number of aryl methyl sites for hydroxylation is 1. The maximum atomic E-state index is 14.1. The van der Waals surface area contributed by atoms with E-state index >= 15 is 0 Å². The first-order valence-electron chi connectivity index (χ1n) is 8.27. The van der Waals surface area contributed by atoms with Gasteiger partial charge in [-0.25, -0.2) is 12.8 Å². The van der Waals surface area contributed by atoms with Crippen LogP contribution in [0.5, 0.6) is 0 Å². The number of hydrogen-bond acceptors (Lipinski definition) is 4. The Kier molecular flexibility index (Phi) is 5.68. The van der Waals surface area contributed by atoms with Crippen LogP contribution in [0.4, 0.5) is 20.2 Å². The Morgan fingerprint density at radius 2 is 1.83 bits per heavy atom. The van der Waals surface area contributed by atoms with Crippen molar-refractivity contribution in [2.75, 3.05) is 16.3 Å². The number of amides is 1. The summed E-state index contributed by atoms with van der Waals surface area (Å²) in [5.74, 6) is -2.73. The Morgan fingerprint density at radius 3 is 2.47 bits per heavy atom. The SMILES string of the molecule is Cn1cc(C(=O)Nc2cc(Cl)cc(NS(C)(=O)=O)c2)cc1-c1c(F)cc(F)c[n+]1[O-]. The fourth-order valence-corrected chi connectivity index (χ4v) is 3.59. The molecule has 8 nitrogen and oxygen atoms in total. The van der Waals surface area contributed by atoms with E-state index in [0.717, 1.165) is 6.26 Å². The van der Waals surface area contributed by atoms with Gasteiger partial charge in [-0.2, -0.15) is 9.12 Å². The van der Waals surface area contributed by atoms with Crippen LogP contribution >= 0.6 is 11.6 Å². The molecule has 0 saturated heterocycles. The Labute approximate surface area is 175 Å². The maximum Gasteiger partial charge on any atom is 0.276 e. The number of benzene rings is 1. The van der Waals surface area contributed by atoms with Crippen molar-refractivity contribution < 1.29 is 26.7 Å². The van der Waals surface area contributed by atoms with Gasteiger partial charge in [0.15, 0.2) is 5.82 Å². The molecule has 2 aromatic heterocycles. The fraction of sp³-hybridized carbons (Fsp3) is 0.111. The molecule has 2 N–H and O–H groups in total. The van der Waals surface area contributed by atoms with Gasteiger partial charge in [-0.3, -0.25) is 9.52 Å². The summed E-state index contributed by atoms with van der Waals surface area (Å²) in [6, 6.07) is 5.96. The number of rotatable bonds is 5. The number of aromatic nitrogens is 2. The lowest BCUT2D eigenvalue weighted by Crippen LogP contribution is -2.31. The lowest BCUT2D eigenvalue weighted by Gasteiger charge is -2.09. The van der Waals surface area contributed by atoms with Crippen molar-refractivity contribution in [2.45, 2.75) is 0 Å². The van der Waals surface area contributed by atoms with E-state index < -0.39 is 33.3 Å². The molecule has 0 atom stereocenters. The molecular formula is C18H15ClF2N4O4S. The quantitative estimate of drug-likeness (QED) is 0.454. The largest absolute Gasteiger partial charge is 0.618 e. The zero-order valence-corrected chi connectivity index (χ0v) is 17.2. The lowest BCUT2D eigenvalue weighted by molar-refractivity contribution is -0.597. The summed E-state index contributed by atoms with van der Waals surface area (Å²) in [5, 5.41) is 14.6. The number of anilines is 2. The minimum absolute atomic E-state index is 0.0434. The molecule has 0 radical (unpaired) electrons. The van der Waals surface area contributed by atoms with Crippen molar-refractivity contribution >= 4 is 38.9 Å². The highest BCUT2D eigenvalue weighted by Gasteiger charge is 2.23. The van der Waals surface area contributed by atoms with Crippen molar-refractivity contribution in [2.24, 2.45) is 7.05 Å². The van der Waals surface area contributed by atoms with E-state index in [1.165, 1.54) is 42.1 Å². The number of nitrogens with zero attached hydrogens (tertiary/aromatic N) is 2. The number of pyridine rings is 1. The van der Waals surface area contributed by atoms with Crippen LogP contribution < -0.4 is 14.8 Å². The summed E-state index contributed by atoms with van der Waals surface area (Å²) in [6.45, 7) is 0. The normalized spacial score (nSPS) is 11.4. The highest BCUT2D eigenvalue weighted by Crippen LogP contribution is 2.25. The smallest absolute Gasteiger partial charge is 0.276 e. The molecule has 2 heterocycles. The minimum Gasteiger partial charge on any atom is -0.618 e. The van der Waals surface area contributed by atoms with E-state index in [-0.39, 0.29) is 32.4 Å². The molecule has 0 unspecified atom stereocenters. The van der Waals surface area contributed by atoms with Gasteiger partial charge in [0.25, 0.3) is 11.6 Å². The number of carbonyl (C=O) groups excluding carboxylic acids is 1. The molecule has 1 aromatic carbocycles. The second kappa shape index (κ2) is 7.92. The number of nitrogens with one attached hydrogen (secondary N) is 2. The molecule has 0 saturated carbocycles. The van der Waals surface area contributed by atoms with Crippen LogP contribution in [-0.2, 0) is 17.1 Å². The molecule has 0 spiro atoms. The van der Waals surface area contributed by atoms with Crippen LogP contribution in [0.3, 0.4) is 0 Å². The van der Waals surface area contributed by atoms with Crippen molar-refractivity contribution in [1.82, 2.24) is 4.57 Å². The summed E-state index contributed by atoms with van der Waals surface area (Å²) < 4.78 is 53.7. The van der Waals surface area contributed by atoms with Crippen molar-refractivity contribution in [1.29, 1.82) is 0 Å². The third-order valence-corrected chi connectivity index (χ3v) is 4.75. The average molecular weight is 457 g/mol. The maximum absolute atomic E-state index is 14.1. The van der Waals surface area contributed by atoms with Gasteiger partial charge in [0.1, 0.15) is 5.69 Å². The van der Waals surface area contributed by atoms with Gasteiger partial charge in [0, 0.05) is 30.0 Å². The topological polar surface area (TPSA) is 107 Å². The third kappa shape index (κ3) is 4.86. The van der Waals surface area contributed by atoms with Gasteiger partial charge in [0.2, 0.25) is 22.0 Å². The summed E-state index contributed by atoms with van der Waals surface area (Å²) in [7, 11) is -2.07. The summed E-state index contributed by atoms with van der Waals surface area (Å²) in [5.41, 5.74) is 0.0399. The van der Waals surface area contributed by atoms with Crippen LogP contribution in [0.1, 0.15) is 10.4 Å². The predicted octanol–water partition coefficient (Wildman–Crippen LogP) is 2.88.